The molecule has 2 N–H and O–H groups in total. The van der Waals surface area contributed by atoms with E-state index >= 15 is 0 Å². The molecule has 182 valence electrons. The summed E-state index contributed by atoms with van der Waals surface area (Å²) in [6.07, 6.45) is 10.7. The standard InChI is InChI=1S/C27H46N2O3/c1-26-8-7-20-19(21(26)16-22(25(26)31)28-9-3-4-10-28)6-5-18-15-24(30)23(17-27(18,20)2)29-11-13-32-14-12-29/h18-25,30-31H,3-17H2,1-2H3. The molecular formula is C27H46N2O3. The number of rotatable bonds is 2. The highest BCUT2D eigenvalue weighted by atomic mass is 16.5. The second kappa shape index (κ2) is 8.19. The van der Waals surface area contributed by atoms with Crippen molar-refractivity contribution in [3.8, 4) is 0 Å². The lowest BCUT2D eigenvalue weighted by Crippen LogP contribution is -2.61. The van der Waals surface area contributed by atoms with Crippen LogP contribution in [0.4, 0.5) is 0 Å². The molecule has 6 rings (SSSR count). The lowest BCUT2D eigenvalue weighted by atomic mass is 9.44. The molecule has 0 aromatic carbocycles. The van der Waals surface area contributed by atoms with Crippen molar-refractivity contribution >= 4 is 0 Å². The molecule has 0 aromatic rings. The lowest BCUT2D eigenvalue weighted by Gasteiger charge is -2.62. The van der Waals surface area contributed by atoms with Crippen LogP contribution in [0.15, 0.2) is 0 Å². The average molecular weight is 447 g/mol. The fourth-order valence-electron chi connectivity index (χ4n) is 9.97. The third-order valence-corrected chi connectivity index (χ3v) is 11.8. The zero-order chi connectivity index (χ0) is 22.1. The second-order valence-corrected chi connectivity index (χ2v) is 12.9. The zero-order valence-electron chi connectivity index (χ0n) is 20.4. The number of fused-ring (bicyclic) bond motifs is 5. The van der Waals surface area contributed by atoms with Gasteiger partial charge in [-0.25, -0.2) is 0 Å². The van der Waals surface area contributed by atoms with Crippen LogP contribution in [0.5, 0.6) is 0 Å². The van der Waals surface area contributed by atoms with Crippen molar-refractivity contribution in [2.75, 3.05) is 39.4 Å². The summed E-state index contributed by atoms with van der Waals surface area (Å²) in [5, 5.41) is 22.7. The molecule has 0 spiro atoms. The van der Waals surface area contributed by atoms with E-state index < -0.39 is 0 Å². The summed E-state index contributed by atoms with van der Waals surface area (Å²) < 4.78 is 5.61. The summed E-state index contributed by atoms with van der Waals surface area (Å²) >= 11 is 0. The summed E-state index contributed by atoms with van der Waals surface area (Å²) in [6, 6.07) is 0.699. The fraction of sp³-hybridized carbons (Fsp3) is 1.00. The van der Waals surface area contributed by atoms with E-state index in [9.17, 15) is 10.2 Å². The maximum atomic E-state index is 11.5. The molecule has 32 heavy (non-hydrogen) atoms. The summed E-state index contributed by atoms with van der Waals surface area (Å²) in [5.74, 6) is 2.87. The first kappa shape index (κ1) is 22.3. The molecule has 2 heterocycles. The van der Waals surface area contributed by atoms with Gasteiger partial charge in [-0.2, -0.15) is 0 Å². The first-order valence-corrected chi connectivity index (χ1v) is 13.8. The van der Waals surface area contributed by atoms with Crippen LogP contribution in [0.1, 0.15) is 71.6 Å². The van der Waals surface area contributed by atoms with Crippen LogP contribution < -0.4 is 0 Å². The molecule has 5 nitrogen and oxygen atoms in total. The van der Waals surface area contributed by atoms with Crippen LogP contribution >= 0.6 is 0 Å². The van der Waals surface area contributed by atoms with Gasteiger partial charge in [0.2, 0.25) is 0 Å². The normalized spacial score (nSPS) is 54.8. The Morgan fingerprint density at radius 1 is 0.781 bits per heavy atom. The number of aliphatic hydroxyl groups is 2. The van der Waals surface area contributed by atoms with Crippen molar-refractivity contribution in [1.82, 2.24) is 9.80 Å². The lowest BCUT2D eigenvalue weighted by molar-refractivity contribution is -0.158. The van der Waals surface area contributed by atoms with Crippen molar-refractivity contribution < 1.29 is 14.9 Å². The van der Waals surface area contributed by atoms with E-state index in [0.717, 1.165) is 51.0 Å². The maximum absolute atomic E-state index is 11.5. The molecule has 4 saturated carbocycles. The second-order valence-electron chi connectivity index (χ2n) is 12.9. The van der Waals surface area contributed by atoms with Crippen molar-refractivity contribution in [3.05, 3.63) is 0 Å². The number of hydrogen-bond acceptors (Lipinski definition) is 5. The Labute approximate surface area is 194 Å². The number of ether oxygens (including phenoxy) is 1. The van der Waals surface area contributed by atoms with Gasteiger partial charge in [0.15, 0.2) is 0 Å². The van der Waals surface area contributed by atoms with Gasteiger partial charge in [0.1, 0.15) is 0 Å². The molecule has 0 radical (unpaired) electrons. The monoisotopic (exact) mass is 446 g/mol. The molecule has 5 heteroatoms. The van der Waals surface area contributed by atoms with Crippen LogP contribution in [-0.4, -0.2) is 83.7 Å². The maximum Gasteiger partial charge on any atom is 0.0751 e. The van der Waals surface area contributed by atoms with Crippen molar-refractivity contribution in [1.29, 1.82) is 0 Å². The van der Waals surface area contributed by atoms with E-state index in [-0.39, 0.29) is 17.6 Å². The summed E-state index contributed by atoms with van der Waals surface area (Å²) in [5.41, 5.74) is 0.443. The Morgan fingerprint density at radius 2 is 1.50 bits per heavy atom. The van der Waals surface area contributed by atoms with Gasteiger partial charge in [-0.3, -0.25) is 9.80 Å². The van der Waals surface area contributed by atoms with Gasteiger partial charge in [-0.1, -0.05) is 13.8 Å². The van der Waals surface area contributed by atoms with Crippen molar-refractivity contribution in [2.24, 2.45) is 34.5 Å². The van der Waals surface area contributed by atoms with Gasteiger partial charge in [0.05, 0.1) is 25.4 Å². The van der Waals surface area contributed by atoms with E-state index in [0.29, 0.717) is 29.3 Å². The SMILES string of the molecule is CC12CC(N3CCOCC3)C(O)CC1CCC1C2CCC2(C)C(O)C(N3CCCC3)CC12. The van der Waals surface area contributed by atoms with E-state index in [1.807, 2.05) is 0 Å². The quantitative estimate of drug-likeness (QED) is 0.683. The molecule has 6 fully saturated rings. The van der Waals surface area contributed by atoms with Gasteiger partial charge in [-0.05, 0) is 105 Å². The van der Waals surface area contributed by atoms with Gasteiger partial charge >= 0.3 is 0 Å². The Kier molecular flexibility index (Phi) is 5.70. The third kappa shape index (κ3) is 3.28. The van der Waals surface area contributed by atoms with Crippen LogP contribution in [-0.2, 0) is 4.74 Å². The van der Waals surface area contributed by atoms with Crippen LogP contribution in [0.3, 0.4) is 0 Å². The number of morpholine rings is 1. The molecule has 10 unspecified atom stereocenters. The number of aliphatic hydroxyl groups excluding tert-OH is 2. The third-order valence-electron chi connectivity index (χ3n) is 11.8. The van der Waals surface area contributed by atoms with Gasteiger partial charge in [-0.15, -0.1) is 0 Å². The Bertz CT molecular complexity index is 692. The minimum Gasteiger partial charge on any atom is -0.391 e. The minimum absolute atomic E-state index is 0.107. The molecule has 10 atom stereocenters. The smallest absolute Gasteiger partial charge is 0.0751 e. The van der Waals surface area contributed by atoms with Gasteiger partial charge in [0.25, 0.3) is 0 Å². The molecule has 6 aliphatic rings. The largest absolute Gasteiger partial charge is 0.391 e. The highest BCUT2D eigenvalue weighted by molar-refractivity contribution is 5.14. The summed E-state index contributed by atoms with van der Waals surface area (Å²) in [7, 11) is 0. The Balaban J connectivity index is 1.25. The first-order chi connectivity index (χ1) is 15.4. The van der Waals surface area contributed by atoms with Crippen LogP contribution in [0, 0.1) is 34.5 Å². The van der Waals surface area contributed by atoms with Gasteiger partial charge in [0, 0.05) is 25.2 Å². The molecule has 0 amide bonds. The molecule has 0 bridgehead atoms. The molecule has 4 aliphatic carbocycles. The summed E-state index contributed by atoms with van der Waals surface area (Å²) in [4.78, 5) is 5.16. The van der Waals surface area contributed by atoms with E-state index in [2.05, 4.69) is 23.6 Å². The van der Waals surface area contributed by atoms with Gasteiger partial charge < -0.3 is 14.9 Å². The molecular weight excluding hydrogens is 400 g/mol. The number of likely N-dealkylation sites (tertiary alicyclic amines) is 1. The van der Waals surface area contributed by atoms with Crippen molar-refractivity contribution in [3.63, 3.8) is 0 Å². The average Bonchev–Trinajstić information content (AvgIpc) is 3.41. The molecule has 2 aliphatic heterocycles. The van der Waals surface area contributed by atoms with Crippen molar-refractivity contribution in [2.45, 2.75) is 95.9 Å². The van der Waals surface area contributed by atoms with E-state index in [4.69, 9.17) is 4.74 Å². The molecule has 0 aromatic heterocycles. The molecule has 2 saturated heterocycles. The minimum atomic E-state index is -0.176. The highest BCUT2D eigenvalue weighted by Gasteiger charge is 2.63. The highest BCUT2D eigenvalue weighted by Crippen LogP contribution is 2.66. The Hall–Kier alpha value is -0.200. The predicted molar refractivity (Wildman–Crippen MR) is 125 cm³/mol. The predicted octanol–water partition coefficient (Wildman–Crippen LogP) is 3.14. The topological polar surface area (TPSA) is 56.2 Å². The number of hydrogen-bond donors (Lipinski definition) is 2. The van der Waals surface area contributed by atoms with Crippen LogP contribution in [0.2, 0.25) is 0 Å². The summed E-state index contributed by atoms with van der Waals surface area (Å²) in [6.45, 7) is 11.0. The van der Waals surface area contributed by atoms with E-state index in [1.54, 1.807) is 0 Å². The van der Waals surface area contributed by atoms with E-state index in [1.165, 1.54) is 58.0 Å². The number of nitrogens with zero attached hydrogens (tertiary/aromatic N) is 2. The Morgan fingerprint density at radius 3 is 2.25 bits per heavy atom. The first-order valence-electron chi connectivity index (χ1n) is 13.8. The van der Waals surface area contributed by atoms with Crippen LogP contribution in [0.25, 0.3) is 0 Å². The zero-order valence-corrected chi connectivity index (χ0v) is 20.4. The fourth-order valence-corrected chi connectivity index (χ4v) is 9.97.